The summed E-state index contributed by atoms with van der Waals surface area (Å²) < 4.78 is 87.9. The van der Waals surface area contributed by atoms with Crippen LogP contribution in [0.25, 0.3) is 0 Å². The third kappa shape index (κ3) is 8.38. The van der Waals surface area contributed by atoms with Gasteiger partial charge in [-0.1, -0.05) is 37.1 Å². The molecule has 2 aromatic rings. The Morgan fingerprint density at radius 1 is 1.13 bits per heavy atom. The van der Waals surface area contributed by atoms with Gasteiger partial charge in [-0.3, -0.25) is 23.9 Å². The van der Waals surface area contributed by atoms with E-state index < -0.39 is 74.5 Å². The molecule has 2 aliphatic carbocycles. The highest BCUT2D eigenvalue weighted by Crippen LogP contribution is 2.46. The van der Waals surface area contributed by atoms with Crippen LogP contribution in [-0.4, -0.2) is 83.4 Å². The lowest BCUT2D eigenvalue weighted by molar-refractivity contribution is -0.239. The number of fused-ring (bicyclic) bond motifs is 3. The molecule has 0 spiro atoms. The molecule has 1 aromatic carbocycles. The molecule has 1 aromatic heterocycles. The lowest BCUT2D eigenvalue weighted by Crippen LogP contribution is -2.57. The molecule has 0 bridgehead atoms. The largest absolute Gasteiger partial charge is 0.434 e. The number of ether oxygens (including phenoxy) is 1. The molecular formula is C34H40F4N6O7S2. The normalized spacial score (nSPS) is 28.9. The fraction of sp³-hybridized carbons (Fsp3) is 0.588. The zero-order valence-electron chi connectivity index (χ0n) is 28.6. The molecule has 0 radical (unpaired) electrons. The standard InChI is InChI=1S/C34H40F4N6O7S2/c35-25-9-6-7-20-15-43(17-24(20)25)51-19-50-22-13-27-29(45)41-33(31(47)42-53(48,49)23-11-12-23)14-21(33)8-4-2-1-3-5-10-26(30(46)44(27)16-22)39-32-40-28(18-52-32)34(36,37)38/h4,6-9,18,21-23,26-27H,1-3,5,10-17,19H2,(H,39,40)(H,41,45)(H,42,47)/b8-4-/t21-,22-,26+,27+,33-/m1/s1. The van der Waals surface area contributed by atoms with Gasteiger partial charge in [0.2, 0.25) is 21.8 Å². The maximum Gasteiger partial charge on any atom is 0.434 e. The number of carbonyl (C=O) groups is 3. The Balaban J connectivity index is 1.11. The van der Waals surface area contributed by atoms with Crippen molar-refractivity contribution in [1.29, 1.82) is 0 Å². The molecule has 13 nitrogen and oxygen atoms in total. The number of alkyl halides is 3. The van der Waals surface area contributed by atoms with Crippen molar-refractivity contribution in [2.45, 2.75) is 106 Å². The van der Waals surface area contributed by atoms with Gasteiger partial charge in [0.15, 0.2) is 17.6 Å². The fourth-order valence-corrected chi connectivity index (χ4v) is 9.28. The summed E-state index contributed by atoms with van der Waals surface area (Å²) in [5.41, 5.74) is -1.36. The molecular weight excluding hydrogens is 745 g/mol. The van der Waals surface area contributed by atoms with Gasteiger partial charge in [0, 0.05) is 29.8 Å². The van der Waals surface area contributed by atoms with Crippen LogP contribution in [-0.2, 0) is 53.2 Å². The first-order valence-corrected chi connectivity index (χ1v) is 20.1. The van der Waals surface area contributed by atoms with Gasteiger partial charge in [0.05, 0.1) is 24.4 Å². The number of sulfonamides is 1. The average molecular weight is 785 g/mol. The number of carbonyl (C=O) groups excluding carboxylic acids is 3. The Hall–Kier alpha value is -3.65. The van der Waals surface area contributed by atoms with E-state index in [-0.39, 0.29) is 50.1 Å². The highest BCUT2D eigenvalue weighted by molar-refractivity contribution is 7.91. The van der Waals surface area contributed by atoms with E-state index in [2.05, 4.69) is 20.3 Å². The van der Waals surface area contributed by atoms with Crippen molar-refractivity contribution in [1.82, 2.24) is 25.0 Å². The highest BCUT2D eigenvalue weighted by Gasteiger charge is 2.62. The molecule has 3 amide bonds. The molecule has 5 aliphatic rings. The van der Waals surface area contributed by atoms with E-state index in [1.807, 2.05) is 6.08 Å². The number of hydrogen-bond acceptors (Lipinski definition) is 11. The second-order valence-electron chi connectivity index (χ2n) is 14.2. The Labute approximate surface area is 307 Å². The van der Waals surface area contributed by atoms with Gasteiger partial charge in [0.1, 0.15) is 23.4 Å². The number of halogens is 4. The van der Waals surface area contributed by atoms with Crippen molar-refractivity contribution in [2.75, 3.05) is 18.7 Å². The fourth-order valence-electron chi connectivity index (χ4n) is 7.15. The van der Waals surface area contributed by atoms with Gasteiger partial charge >= 0.3 is 6.18 Å². The van der Waals surface area contributed by atoms with Crippen LogP contribution in [0.4, 0.5) is 22.7 Å². The predicted octanol–water partition coefficient (Wildman–Crippen LogP) is 3.98. The topological polar surface area (TPSA) is 159 Å². The van der Waals surface area contributed by atoms with Crippen molar-refractivity contribution in [3.63, 3.8) is 0 Å². The quantitative estimate of drug-likeness (QED) is 0.193. The second kappa shape index (κ2) is 14.9. The third-order valence-electron chi connectivity index (χ3n) is 10.4. The third-order valence-corrected chi connectivity index (χ3v) is 13.0. The van der Waals surface area contributed by atoms with Crippen molar-refractivity contribution < 1.29 is 49.9 Å². The number of nitrogens with one attached hydrogen (secondary N) is 3. The molecule has 0 unspecified atom stereocenters. The molecule has 4 heterocycles. The number of benzene rings is 1. The Kier molecular flexibility index (Phi) is 10.6. The first-order valence-electron chi connectivity index (χ1n) is 17.6. The smallest absolute Gasteiger partial charge is 0.350 e. The predicted molar refractivity (Wildman–Crippen MR) is 182 cm³/mol. The maximum absolute atomic E-state index is 14.3. The number of rotatable bonds is 9. The lowest BCUT2D eigenvalue weighted by Gasteiger charge is -2.30. The van der Waals surface area contributed by atoms with Crippen LogP contribution < -0.4 is 15.4 Å². The number of aromatic nitrogens is 1. The summed E-state index contributed by atoms with van der Waals surface area (Å²) in [5, 5.41) is 7.27. The van der Waals surface area contributed by atoms with Gasteiger partial charge in [-0.05, 0) is 50.2 Å². The number of anilines is 1. The number of hydroxylamine groups is 2. The van der Waals surface area contributed by atoms with Gasteiger partial charge in [-0.15, -0.1) is 11.3 Å². The number of hydrogen-bond donors (Lipinski definition) is 3. The lowest BCUT2D eigenvalue weighted by atomic mass is 10.1. The summed E-state index contributed by atoms with van der Waals surface area (Å²) in [5.74, 6) is -2.94. The van der Waals surface area contributed by atoms with E-state index in [1.54, 1.807) is 18.2 Å². The van der Waals surface area contributed by atoms with E-state index in [0.717, 1.165) is 17.4 Å². The first kappa shape index (κ1) is 37.7. The van der Waals surface area contributed by atoms with Crippen molar-refractivity contribution in [2.24, 2.45) is 5.92 Å². The molecule has 1 saturated heterocycles. The minimum absolute atomic E-state index is 0.0173. The molecule has 3 fully saturated rings. The van der Waals surface area contributed by atoms with Crippen LogP contribution >= 0.6 is 11.3 Å². The summed E-state index contributed by atoms with van der Waals surface area (Å²) in [6, 6.07) is 2.56. The molecule has 5 atom stereocenters. The second-order valence-corrected chi connectivity index (χ2v) is 17.0. The minimum atomic E-state index is -4.67. The monoisotopic (exact) mass is 784 g/mol. The van der Waals surface area contributed by atoms with Gasteiger partial charge in [-0.2, -0.15) is 18.2 Å². The van der Waals surface area contributed by atoms with Crippen LogP contribution in [0.15, 0.2) is 35.7 Å². The maximum atomic E-state index is 14.3. The van der Waals surface area contributed by atoms with Crippen LogP contribution in [0.1, 0.15) is 74.6 Å². The zero-order chi connectivity index (χ0) is 37.5. The van der Waals surface area contributed by atoms with Crippen LogP contribution in [0, 0.1) is 11.7 Å². The summed E-state index contributed by atoms with van der Waals surface area (Å²) in [7, 11) is -3.93. The molecule has 19 heteroatoms. The number of thiazole rings is 1. The Morgan fingerprint density at radius 3 is 2.68 bits per heavy atom. The number of nitrogens with zero attached hydrogens (tertiary/aromatic N) is 3. The van der Waals surface area contributed by atoms with Gasteiger partial charge < -0.3 is 20.3 Å². The molecule has 288 valence electrons. The van der Waals surface area contributed by atoms with Crippen molar-refractivity contribution >= 4 is 44.2 Å². The van der Waals surface area contributed by atoms with Crippen molar-refractivity contribution in [3.05, 3.63) is 58.4 Å². The average Bonchev–Trinajstić information content (AvgIpc) is 3.90. The summed E-state index contributed by atoms with van der Waals surface area (Å²) in [4.78, 5) is 52.7. The van der Waals surface area contributed by atoms with Crippen LogP contribution in [0.2, 0.25) is 0 Å². The summed E-state index contributed by atoms with van der Waals surface area (Å²) in [6.45, 7) is 0.155. The Bertz CT molecular complexity index is 1870. The van der Waals surface area contributed by atoms with E-state index in [0.29, 0.717) is 55.5 Å². The molecule has 7 rings (SSSR count). The highest BCUT2D eigenvalue weighted by atomic mass is 32.2. The van der Waals surface area contributed by atoms with Crippen molar-refractivity contribution in [3.8, 4) is 0 Å². The minimum Gasteiger partial charge on any atom is -0.350 e. The van der Waals surface area contributed by atoms with E-state index in [9.17, 15) is 40.4 Å². The number of amides is 3. The van der Waals surface area contributed by atoms with E-state index >= 15 is 0 Å². The van der Waals surface area contributed by atoms with Crippen LogP contribution in [0.3, 0.4) is 0 Å². The van der Waals surface area contributed by atoms with E-state index in [4.69, 9.17) is 9.57 Å². The summed E-state index contributed by atoms with van der Waals surface area (Å²) >= 11 is 0.711. The Morgan fingerprint density at radius 2 is 1.94 bits per heavy atom. The van der Waals surface area contributed by atoms with Crippen LogP contribution in [0.5, 0.6) is 0 Å². The van der Waals surface area contributed by atoms with Gasteiger partial charge in [-0.25, -0.2) is 17.8 Å². The molecule has 53 heavy (non-hydrogen) atoms. The molecule has 3 N–H and O–H groups in total. The molecule has 3 aliphatic heterocycles. The number of allylic oxidation sites excluding steroid dienone is 1. The SMILES string of the molecule is O=C1N[C@]2(C(=O)NS(=O)(=O)C3CC3)C[C@H]2/C=C\CCCCC[C@H](Nc2nc(C(F)(F)F)cs2)C(=O)N2C[C@H](OCON3Cc4cccc(F)c4C3)C[C@@H]12. The summed E-state index contributed by atoms with van der Waals surface area (Å²) in [6.07, 6.45) is 2.11. The first-order chi connectivity index (χ1) is 25.2. The van der Waals surface area contributed by atoms with Gasteiger partial charge in [0.25, 0.3) is 5.91 Å². The zero-order valence-corrected chi connectivity index (χ0v) is 30.2. The molecule has 2 saturated carbocycles. The van der Waals surface area contributed by atoms with E-state index in [1.165, 1.54) is 16.0 Å².